The predicted molar refractivity (Wildman–Crippen MR) is 82.7 cm³/mol. The van der Waals surface area contributed by atoms with Crippen LogP contribution in [-0.2, 0) is 10.2 Å². The number of hydrogen-bond donors (Lipinski definition) is 2. The van der Waals surface area contributed by atoms with Gasteiger partial charge in [0, 0.05) is 11.5 Å². The average Bonchev–Trinajstić information content (AvgIpc) is 2.98. The van der Waals surface area contributed by atoms with Crippen LogP contribution in [0.3, 0.4) is 0 Å². The van der Waals surface area contributed by atoms with E-state index in [0.717, 1.165) is 25.7 Å². The molecule has 2 rings (SSSR count). The van der Waals surface area contributed by atoms with E-state index in [1.165, 1.54) is 5.56 Å². The average molecular weight is 288 g/mol. The summed E-state index contributed by atoms with van der Waals surface area (Å²) in [6, 6.07) is 7.48. The Balaban J connectivity index is 1.89. The summed E-state index contributed by atoms with van der Waals surface area (Å²) in [6.07, 6.45) is 4.03. The Morgan fingerprint density at radius 1 is 1.00 bits per heavy atom. The van der Waals surface area contributed by atoms with E-state index < -0.39 is 0 Å². The zero-order valence-electron chi connectivity index (χ0n) is 13.0. The molecule has 114 valence electrons. The molecule has 0 unspecified atom stereocenters. The van der Waals surface area contributed by atoms with Crippen LogP contribution in [0.4, 0.5) is 0 Å². The highest BCUT2D eigenvalue weighted by Gasteiger charge is 2.23. The normalized spacial score (nSPS) is 15.8. The maximum atomic E-state index is 12.0. The molecule has 21 heavy (non-hydrogen) atoms. The minimum atomic E-state index is -0.276. The van der Waals surface area contributed by atoms with Crippen LogP contribution in [0.5, 0.6) is 0 Å². The standard InChI is InChI=1S/C17H24N2O2/c1-17(2,3)14-10-8-13(9-11-14)16(21)19-18-15(20)12-6-4-5-7-12/h8-12H,4-7H2,1-3H3,(H,18,20)(H,19,21). The van der Waals surface area contributed by atoms with Gasteiger partial charge in [0.2, 0.25) is 5.91 Å². The van der Waals surface area contributed by atoms with Crippen molar-refractivity contribution in [1.29, 1.82) is 0 Å². The first kappa shape index (κ1) is 15.5. The Bertz CT molecular complexity index is 509. The van der Waals surface area contributed by atoms with Gasteiger partial charge in [-0.2, -0.15) is 0 Å². The first-order chi connectivity index (χ1) is 9.88. The fourth-order valence-corrected chi connectivity index (χ4v) is 2.60. The zero-order chi connectivity index (χ0) is 15.5. The van der Waals surface area contributed by atoms with E-state index >= 15 is 0 Å². The molecule has 0 aliphatic heterocycles. The second-order valence-corrected chi connectivity index (χ2v) is 6.75. The molecular formula is C17H24N2O2. The van der Waals surface area contributed by atoms with Crippen LogP contribution in [0.1, 0.15) is 62.4 Å². The minimum absolute atomic E-state index is 0.0496. The van der Waals surface area contributed by atoms with Gasteiger partial charge < -0.3 is 0 Å². The van der Waals surface area contributed by atoms with Gasteiger partial charge in [-0.15, -0.1) is 0 Å². The lowest BCUT2D eigenvalue weighted by molar-refractivity contribution is -0.125. The minimum Gasteiger partial charge on any atom is -0.273 e. The van der Waals surface area contributed by atoms with Crippen molar-refractivity contribution in [3.63, 3.8) is 0 Å². The summed E-state index contributed by atoms with van der Waals surface area (Å²) in [5, 5.41) is 0. The van der Waals surface area contributed by atoms with Crippen LogP contribution in [0.2, 0.25) is 0 Å². The lowest BCUT2D eigenvalue weighted by atomic mass is 9.87. The maximum absolute atomic E-state index is 12.0. The number of rotatable bonds is 2. The van der Waals surface area contributed by atoms with Crippen molar-refractivity contribution in [1.82, 2.24) is 10.9 Å². The lowest BCUT2D eigenvalue weighted by Crippen LogP contribution is -2.44. The third-order valence-corrected chi connectivity index (χ3v) is 4.04. The molecule has 4 nitrogen and oxygen atoms in total. The Kier molecular flexibility index (Phi) is 4.66. The fraction of sp³-hybridized carbons (Fsp3) is 0.529. The number of nitrogens with one attached hydrogen (secondary N) is 2. The van der Waals surface area contributed by atoms with Gasteiger partial charge in [-0.25, -0.2) is 0 Å². The van der Waals surface area contributed by atoms with E-state index in [0.29, 0.717) is 5.56 Å². The highest BCUT2D eigenvalue weighted by atomic mass is 16.2. The van der Waals surface area contributed by atoms with Gasteiger partial charge in [0.25, 0.3) is 5.91 Å². The molecule has 1 aromatic rings. The van der Waals surface area contributed by atoms with Crippen LogP contribution in [0, 0.1) is 5.92 Å². The van der Waals surface area contributed by atoms with Crippen LogP contribution in [-0.4, -0.2) is 11.8 Å². The summed E-state index contributed by atoms with van der Waals surface area (Å²) in [7, 11) is 0. The second kappa shape index (κ2) is 6.29. The van der Waals surface area contributed by atoms with Crippen molar-refractivity contribution in [2.45, 2.75) is 51.9 Å². The molecule has 2 N–H and O–H groups in total. The quantitative estimate of drug-likeness (QED) is 0.822. The molecule has 0 radical (unpaired) electrons. The Morgan fingerprint density at radius 3 is 2.10 bits per heavy atom. The lowest BCUT2D eigenvalue weighted by Gasteiger charge is -2.19. The topological polar surface area (TPSA) is 58.2 Å². The summed E-state index contributed by atoms with van der Waals surface area (Å²) in [5.74, 6) is -0.303. The molecule has 0 saturated heterocycles. The SMILES string of the molecule is CC(C)(C)c1ccc(C(=O)NNC(=O)C2CCCC2)cc1. The van der Waals surface area contributed by atoms with Gasteiger partial charge >= 0.3 is 0 Å². The zero-order valence-corrected chi connectivity index (χ0v) is 13.0. The van der Waals surface area contributed by atoms with E-state index in [2.05, 4.69) is 31.6 Å². The number of carbonyl (C=O) groups is 2. The van der Waals surface area contributed by atoms with Crippen molar-refractivity contribution in [3.8, 4) is 0 Å². The largest absolute Gasteiger partial charge is 0.273 e. The van der Waals surface area contributed by atoms with E-state index in [9.17, 15) is 9.59 Å². The van der Waals surface area contributed by atoms with Crippen molar-refractivity contribution in [2.24, 2.45) is 5.92 Å². The highest BCUT2D eigenvalue weighted by molar-refractivity contribution is 5.95. The first-order valence-corrected chi connectivity index (χ1v) is 7.58. The van der Waals surface area contributed by atoms with E-state index in [4.69, 9.17) is 0 Å². The molecule has 0 bridgehead atoms. The Hall–Kier alpha value is -1.84. The number of amides is 2. The molecular weight excluding hydrogens is 264 g/mol. The number of hydrogen-bond acceptors (Lipinski definition) is 2. The predicted octanol–water partition coefficient (Wildman–Crippen LogP) is 2.94. The van der Waals surface area contributed by atoms with Gasteiger partial charge in [0.1, 0.15) is 0 Å². The molecule has 1 aliphatic rings. The van der Waals surface area contributed by atoms with Crippen molar-refractivity contribution >= 4 is 11.8 Å². The molecule has 1 fully saturated rings. The molecule has 0 aromatic heterocycles. The van der Waals surface area contributed by atoms with Gasteiger partial charge in [-0.05, 0) is 36.0 Å². The molecule has 4 heteroatoms. The third kappa shape index (κ3) is 4.06. The number of carbonyl (C=O) groups excluding carboxylic acids is 2. The second-order valence-electron chi connectivity index (χ2n) is 6.75. The van der Waals surface area contributed by atoms with Crippen LogP contribution in [0.15, 0.2) is 24.3 Å². The monoisotopic (exact) mass is 288 g/mol. The Morgan fingerprint density at radius 2 is 1.57 bits per heavy atom. The molecule has 0 spiro atoms. The Labute approximate surface area is 126 Å². The van der Waals surface area contributed by atoms with Gasteiger partial charge in [0.05, 0.1) is 0 Å². The summed E-state index contributed by atoms with van der Waals surface area (Å²) in [5.41, 5.74) is 6.81. The van der Waals surface area contributed by atoms with E-state index in [-0.39, 0.29) is 23.1 Å². The first-order valence-electron chi connectivity index (χ1n) is 7.58. The highest BCUT2D eigenvalue weighted by Crippen LogP contribution is 2.24. The molecule has 1 aliphatic carbocycles. The third-order valence-electron chi connectivity index (χ3n) is 4.04. The van der Waals surface area contributed by atoms with Gasteiger partial charge in [0.15, 0.2) is 0 Å². The number of hydrazine groups is 1. The molecule has 0 heterocycles. The summed E-state index contributed by atoms with van der Waals surface area (Å²) < 4.78 is 0. The molecule has 2 amide bonds. The van der Waals surface area contributed by atoms with Crippen molar-refractivity contribution in [3.05, 3.63) is 35.4 Å². The van der Waals surface area contributed by atoms with Crippen molar-refractivity contribution in [2.75, 3.05) is 0 Å². The number of benzene rings is 1. The summed E-state index contributed by atoms with van der Waals surface area (Å²) in [6.45, 7) is 6.39. The van der Waals surface area contributed by atoms with Gasteiger partial charge in [-0.1, -0.05) is 45.7 Å². The van der Waals surface area contributed by atoms with Gasteiger partial charge in [-0.3, -0.25) is 20.4 Å². The molecule has 1 aromatic carbocycles. The van der Waals surface area contributed by atoms with Crippen molar-refractivity contribution < 1.29 is 9.59 Å². The summed E-state index contributed by atoms with van der Waals surface area (Å²) in [4.78, 5) is 23.8. The van der Waals surface area contributed by atoms with E-state index in [1.54, 1.807) is 12.1 Å². The van der Waals surface area contributed by atoms with Crippen LogP contribution in [0.25, 0.3) is 0 Å². The maximum Gasteiger partial charge on any atom is 0.269 e. The summed E-state index contributed by atoms with van der Waals surface area (Å²) >= 11 is 0. The molecule has 0 atom stereocenters. The fourth-order valence-electron chi connectivity index (χ4n) is 2.60. The van der Waals surface area contributed by atoms with E-state index in [1.807, 2.05) is 12.1 Å². The van der Waals surface area contributed by atoms with Crippen LogP contribution >= 0.6 is 0 Å². The van der Waals surface area contributed by atoms with Crippen LogP contribution < -0.4 is 10.9 Å². The smallest absolute Gasteiger partial charge is 0.269 e. The molecule has 1 saturated carbocycles.